The maximum absolute atomic E-state index is 3.65. The summed E-state index contributed by atoms with van der Waals surface area (Å²) in [5, 5.41) is 3.65. The maximum Gasteiger partial charge on any atom is 0.0108 e. The zero-order valence-electron chi connectivity index (χ0n) is 10.7. The number of aryl methyl sites for hydroxylation is 2. The molecule has 1 fully saturated rings. The molecule has 88 valence electrons. The Labute approximate surface area is 99.3 Å². The van der Waals surface area contributed by atoms with Gasteiger partial charge in [-0.25, -0.2) is 0 Å². The van der Waals surface area contributed by atoms with Gasteiger partial charge in [0.2, 0.25) is 0 Å². The lowest BCUT2D eigenvalue weighted by Crippen LogP contribution is -2.39. The van der Waals surface area contributed by atoms with E-state index in [0.717, 1.165) is 5.92 Å². The summed E-state index contributed by atoms with van der Waals surface area (Å²) in [6.07, 6.45) is 3.89. The molecule has 2 unspecified atom stereocenters. The van der Waals surface area contributed by atoms with Gasteiger partial charge in [-0.15, -0.1) is 0 Å². The molecular formula is C15H23N. The molecule has 1 N–H and O–H groups in total. The highest BCUT2D eigenvalue weighted by Gasteiger charge is 2.17. The molecule has 0 bridgehead atoms. The minimum absolute atomic E-state index is 0.693. The van der Waals surface area contributed by atoms with Crippen molar-refractivity contribution in [2.24, 2.45) is 5.92 Å². The van der Waals surface area contributed by atoms with Crippen LogP contribution in [0.3, 0.4) is 0 Å². The lowest BCUT2D eigenvalue weighted by atomic mass is 9.92. The Morgan fingerprint density at radius 3 is 2.62 bits per heavy atom. The maximum atomic E-state index is 3.65. The number of hydrogen-bond donors (Lipinski definition) is 1. The SMILES string of the molecule is Cc1ccc(CC2CCC(C)CN2)cc1C. The molecule has 1 heteroatoms. The highest BCUT2D eigenvalue weighted by molar-refractivity contribution is 5.30. The van der Waals surface area contributed by atoms with E-state index in [1.54, 1.807) is 0 Å². The molecule has 2 atom stereocenters. The van der Waals surface area contributed by atoms with Crippen molar-refractivity contribution in [2.75, 3.05) is 6.54 Å². The minimum Gasteiger partial charge on any atom is -0.313 e. The van der Waals surface area contributed by atoms with Crippen LogP contribution in [0.2, 0.25) is 0 Å². The largest absolute Gasteiger partial charge is 0.313 e. The van der Waals surface area contributed by atoms with E-state index in [-0.39, 0.29) is 0 Å². The molecule has 0 amide bonds. The first kappa shape index (κ1) is 11.7. The topological polar surface area (TPSA) is 12.0 Å². The van der Waals surface area contributed by atoms with Crippen LogP contribution in [0.5, 0.6) is 0 Å². The van der Waals surface area contributed by atoms with Gasteiger partial charge in [-0.2, -0.15) is 0 Å². The van der Waals surface area contributed by atoms with Crippen molar-refractivity contribution in [3.05, 3.63) is 34.9 Å². The lowest BCUT2D eigenvalue weighted by molar-refractivity contribution is 0.326. The molecule has 0 spiro atoms. The van der Waals surface area contributed by atoms with E-state index < -0.39 is 0 Å². The standard InChI is InChI=1S/C15H23N/c1-11-4-7-15(16-10-11)9-14-6-5-12(2)13(3)8-14/h5-6,8,11,15-16H,4,7,9-10H2,1-3H3. The van der Waals surface area contributed by atoms with Gasteiger partial charge in [0.25, 0.3) is 0 Å². The number of nitrogens with one attached hydrogen (secondary N) is 1. The summed E-state index contributed by atoms with van der Waals surface area (Å²) in [6, 6.07) is 7.56. The van der Waals surface area contributed by atoms with Crippen LogP contribution >= 0.6 is 0 Å². The smallest absolute Gasteiger partial charge is 0.0108 e. The number of rotatable bonds is 2. The zero-order chi connectivity index (χ0) is 11.5. The van der Waals surface area contributed by atoms with Crippen LogP contribution in [-0.2, 0) is 6.42 Å². The predicted molar refractivity (Wildman–Crippen MR) is 69.8 cm³/mol. The summed E-state index contributed by atoms with van der Waals surface area (Å²) >= 11 is 0. The van der Waals surface area contributed by atoms with Gasteiger partial charge < -0.3 is 5.32 Å². The van der Waals surface area contributed by atoms with Gasteiger partial charge in [-0.05, 0) is 62.3 Å². The van der Waals surface area contributed by atoms with Gasteiger partial charge in [-0.3, -0.25) is 0 Å². The third-order valence-electron chi connectivity index (χ3n) is 3.82. The van der Waals surface area contributed by atoms with E-state index in [1.165, 1.54) is 42.5 Å². The fourth-order valence-corrected chi connectivity index (χ4v) is 2.45. The summed E-state index contributed by atoms with van der Waals surface area (Å²) in [5.41, 5.74) is 4.30. The van der Waals surface area contributed by atoms with Crippen LogP contribution < -0.4 is 5.32 Å². The summed E-state index contributed by atoms with van der Waals surface area (Å²) in [5.74, 6) is 0.857. The van der Waals surface area contributed by atoms with Gasteiger partial charge in [0.15, 0.2) is 0 Å². The predicted octanol–water partition coefficient (Wildman–Crippen LogP) is 3.23. The van der Waals surface area contributed by atoms with E-state index in [1.807, 2.05) is 0 Å². The zero-order valence-corrected chi connectivity index (χ0v) is 10.7. The van der Waals surface area contributed by atoms with Gasteiger partial charge in [0.1, 0.15) is 0 Å². The van der Waals surface area contributed by atoms with Crippen LogP contribution in [0, 0.1) is 19.8 Å². The lowest BCUT2D eigenvalue weighted by Gasteiger charge is -2.28. The number of benzene rings is 1. The van der Waals surface area contributed by atoms with Gasteiger partial charge in [-0.1, -0.05) is 25.1 Å². The Morgan fingerprint density at radius 2 is 2.00 bits per heavy atom. The molecule has 0 radical (unpaired) electrons. The molecular weight excluding hydrogens is 194 g/mol. The van der Waals surface area contributed by atoms with Crippen molar-refractivity contribution in [2.45, 2.75) is 46.1 Å². The van der Waals surface area contributed by atoms with Crippen molar-refractivity contribution < 1.29 is 0 Å². The monoisotopic (exact) mass is 217 g/mol. The molecule has 1 aromatic carbocycles. The van der Waals surface area contributed by atoms with E-state index in [0.29, 0.717) is 6.04 Å². The molecule has 1 saturated heterocycles. The highest BCUT2D eigenvalue weighted by Crippen LogP contribution is 2.18. The van der Waals surface area contributed by atoms with Crippen molar-refractivity contribution >= 4 is 0 Å². The van der Waals surface area contributed by atoms with Crippen LogP contribution in [0.15, 0.2) is 18.2 Å². The van der Waals surface area contributed by atoms with Crippen molar-refractivity contribution in [3.8, 4) is 0 Å². The normalized spacial score (nSPS) is 25.7. The first-order valence-electron chi connectivity index (χ1n) is 6.44. The molecule has 16 heavy (non-hydrogen) atoms. The Morgan fingerprint density at radius 1 is 1.19 bits per heavy atom. The van der Waals surface area contributed by atoms with Crippen molar-refractivity contribution in [3.63, 3.8) is 0 Å². The molecule has 0 saturated carbocycles. The second kappa shape index (κ2) is 5.01. The summed E-state index contributed by atoms with van der Waals surface area (Å²) < 4.78 is 0. The van der Waals surface area contributed by atoms with Crippen molar-refractivity contribution in [1.29, 1.82) is 0 Å². The molecule has 0 aliphatic carbocycles. The number of hydrogen-bond acceptors (Lipinski definition) is 1. The van der Waals surface area contributed by atoms with Crippen LogP contribution in [-0.4, -0.2) is 12.6 Å². The fourth-order valence-electron chi connectivity index (χ4n) is 2.45. The molecule has 1 aliphatic rings. The fraction of sp³-hybridized carbons (Fsp3) is 0.600. The third-order valence-corrected chi connectivity index (χ3v) is 3.82. The molecule has 0 aromatic heterocycles. The van der Waals surface area contributed by atoms with Crippen LogP contribution in [0.4, 0.5) is 0 Å². The molecule has 2 rings (SSSR count). The first-order chi connectivity index (χ1) is 7.65. The molecule has 1 aromatic rings. The van der Waals surface area contributed by atoms with Gasteiger partial charge in [0.05, 0.1) is 0 Å². The van der Waals surface area contributed by atoms with E-state index in [4.69, 9.17) is 0 Å². The second-order valence-electron chi connectivity index (χ2n) is 5.41. The summed E-state index contributed by atoms with van der Waals surface area (Å²) in [6.45, 7) is 7.91. The van der Waals surface area contributed by atoms with Crippen LogP contribution in [0.1, 0.15) is 36.5 Å². The quantitative estimate of drug-likeness (QED) is 0.802. The van der Waals surface area contributed by atoms with Gasteiger partial charge >= 0.3 is 0 Å². The minimum atomic E-state index is 0.693. The van der Waals surface area contributed by atoms with Crippen molar-refractivity contribution in [1.82, 2.24) is 5.32 Å². The molecule has 1 heterocycles. The average Bonchev–Trinajstić information content (AvgIpc) is 2.27. The Hall–Kier alpha value is -0.820. The molecule has 1 aliphatic heterocycles. The first-order valence-corrected chi connectivity index (χ1v) is 6.44. The summed E-state index contributed by atoms with van der Waals surface area (Å²) in [4.78, 5) is 0. The van der Waals surface area contributed by atoms with E-state index >= 15 is 0 Å². The Kier molecular flexibility index (Phi) is 3.65. The molecule has 1 nitrogen and oxygen atoms in total. The Bertz CT molecular complexity index is 348. The van der Waals surface area contributed by atoms with E-state index in [9.17, 15) is 0 Å². The highest BCUT2D eigenvalue weighted by atomic mass is 14.9. The van der Waals surface area contributed by atoms with E-state index in [2.05, 4.69) is 44.3 Å². The average molecular weight is 217 g/mol. The Balaban J connectivity index is 1.96. The van der Waals surface area contributed by atoms with Gasteiger partial charge in [0, 0.05) is 6.04 Å². The third kappa shape index (κ3) is 2.85. The summed E-state index contributed by atoms with van der Waals surface area (Å²) in [7, 11) is 0. The number of piperidine rings is 1. The second-order valence-corrected chi connectivity index (χ2v) is 5.41. The van der Waals surface area contributed by atoms with Crippen LogP contribution in [0.25, 0.3) is 0 Å².